The molecule has 0 saturated heterocycles. The number of hydrogen-bond acceptors (Lipinski definition) is 3. The SMILES string of the molecule is C/C=C\c1cccc(CNCC(O)C(N)Cc2cc(F)cc(F)c2)c1. The molecule has 4 N–H and O–H groups in total. The zero-order valence-electron chi connectivity index (χ0n) is 14.3. The number of aliphatic hydroxyl groups excluding tert-OH is 1. The first-order chi connectivity index (χ1) is 12.0. The molecule has 0 aliphatic rings. The van der Waals surface area contributed by atoms with Crippen LogP contribution in [0.2, 0.25) is 0 Å². The van der Waals surface area contributed by atoms with Crippen LogP contribution in [0.3, 0.4) is 0 Å². The molecule has 2 unspecified atom stereocenters. The lowest BCUT2D eigenvalue weighted by Crippen LogP contribution is -2.43. The fraction of sp³-hybridized carbons (Fsp3) is 0.300. The average Bonchev–Trinajstić information content (AvgIpc) is 2.54. The number of hydrogen-bond donors (Lipinski definition) is 3. The highest BCUT2D eigenvalue weighted by molar-refractivity contribution is 5.49. The van der Waals surface area contributed by atoms with Gasteiger partial charge in [-0.3, -0.25) is 0 Å². The summed E-state index contributed by atoms with van der Waals surface area (Å²) in [6.07, 6.45) is 3.38. The van der Waals surface area contributed by atoms with Gasteiger partial charge in [0.15, 0.2) is 0 Å². The van der Waals surface area contributed by atoms with Gasteiger partial charge in [0, 0.05) is 25.2 Å². The van der Waals surface area contributed by atoms with Crippen molar-refractivity contribution in [2.75, 3.05) is 6.54 Å². The fourth-order valence-corrected chi connectivity index (χ4v) is 2.65. The zero-order chi connectivity index (χ0) is 18.2. The van der Waals surface area contributed by atoms with Crippen LogP contribution in [0.25, 0.3) is 6.08 Å². The molecule has 0 heterocycles. The van der Waals surface area contributed by atoms with Gasteiger partial charge in [0.05, 0.1) is 6.10 Å². The molecule has 134 valence electrons. The summed E-state index contributed by atoms with van der Waals surface area (Å²) in [5.41, 5.74) is 8.60. The summed E-state index contributed by atoms with van der Waals surface area (Å²) in [5, 5.41) is 13.3. The van der Waals surface area contributed by atoms with Gasteiger partial charge in [-0.25, -0.2) is 8.78 Å². The first-order valence-corrected chi connectivity index (χ1v) is 8.29. The minimum Gasteiger partial charge on any atom is -0.390 e. The van der Waals surface area contributed by atoms with Crippen LogP contribution in [-0.4, -0.2) is 23.8 Å². The van der Waals surface area contributed by atoms with E-state index < -0.39 is 23.8 Å². The van der Waals surface area contributed by atoms with Gasteiger partial charge >= 0.3 is 0 Å². The maximum Gasteiger partial charge on any atom is 0.126 e. The minimum absolute atomic E-state index is 0.203. The Morgan fingerprint density at radius 3 is 2.52 bits per heavy atom. The minimum atomic E-state index is -0.815. The van der Waals surface area contributed by atoms with Gasteiger partial charge in [0.25, 0.3) is 0 Å². The van der Waals surface area contributed by atoms with E-state index in [-0.39, 0.29) is 6.42 Å². The monoisotopic (exact) mass is 346 g/mol. The number of aliphatic hydroxyl groups is 1. The van der Waals surface area contributed by atoms with Crippen LogP contribution < -0.4 is 11.1 Å². The predicted octanol–water partition coefficient (Wildman–Crippen LogP) is 3.02. The van der Waals surface area contributed by atoms with Gasteiger partial charge in [-0.15, -0.1) is 0 Å². The van der Waals surface area contributed by atoms with Crippen molar-refractivity contribution in [3.63, 3.8) is 0 Å². The molecule has 0 radical (unpaired) electrons. The third kappa shape index (κ3) is 6.38. The highest BCUT2D eigenvalue weighted by Gasteiger charge is 2.16. The second kappa shape index (κ2) is 9.42. The van der Waals surface area contributed by atoms with Crippen LogP contribution in [0.4, 0.5) is 8.78 Å². The highest BCUT2D eigenvalue weighted by Crippen LogP contribution is 2.11. The van der Waals surface area contributed by atoms with Crippen molar-refractivity contribution in [3.05, 3.63) is 76.9 Å². The van der Waals surface area contributed by atoms with E-state index in [1.807, 2.05) is 37.3 Å². The summed E-state index contributed by atoms with van der Waals surface area (Å²) < 4.78 is 26.4. The van der Waals surface area contributed by atoms with Crippen molar-refractivity contribution < 1.29 is 13.9 Å². The van der Waals surface area contributed by atoms with E-state index in [2.05, 4.69) is 11.4 Å². The third-order valence-corrected chi connectivity index (χ3v) is 3.88. The van der Waals surface area contributed by atoms with Gasteiger partial charge in [-0.1, -0.05) is 36.4 Å². The van der Waals surface area contributed by atoms with Crippen LogP contribution in [0, 0.1) is 11.6 Å². The number of rotatable bonds is 8. The first-order valence-electron chi connectivity index (χ1n) is 8.29. The normalized spacial score (nSPS) is 14.0. The Balaban J connectivity index is 1.83. The Morgan fingerprint density at radius 1 is 1.12 bits per heavy atom. The quantitative estimate of drug-likeness (QED) is 0.689. The van der Waals surface area contributed by atoms with Crippen LogP contribution in [0.15, 0.2) is 48.5 Å². The molecule has 2 aromatic carbocycles. The number of benzene rings is 2. The third-order valence-electron chi connectivity index (χ3n) is 3.88. The van der Waals surface area contributed by atoms with Crippen molar-refractivity contribution in [2.45, 2.75) is 32.0 Å². The summed E-state index contributed by atoms with van der Waals surface area (Å²) in [7, 11) is 0. The summed E-state index contributed by atoms with van der Waals surface area (Å²) in [5.74, 6) is -1.29. The van der Waals surface area contributed by atoms with Gasteiger partial charge < -0.3 is 16.2 Å². The largest absolute Gasteiger partial charge is 0.390 e. The lowest BCUT2D eigenvalue weighted by molar-refractivity contribution is 0.141. The Bertz CT molecular complexity index is 698. The second-order valence-corrected chi connectivity index (χ2v) is 6.09. The molecule has 0 saturated carbocycles. The summed E-state index contributed by atoms with van der Waals surface area (Å²) in [6.45, 7) is 2.86. The molecule has 2 atom stereocenters. The van der Waals surface area contributed by atoms with E-state index >= 15 is 0 Å². The van der Waals surface area contributed by atoms with Crippen LogP contribution in [0.1, 0.15) is 23.6 Å². The molecule has 0 aliphatic heterocycles. The number of halogens is 2. The molecule has 5 heteroatoms. The van der Waals surface area contributed by atoms with Gasteiger partial charge in [-0.2, -0.15) is 0 Å². The topological polar surface area (TPSA) is 58.3 Å². The molecule has 0 bridgehead atoms. The Labute approximate surface area is 147 Å². The molecule has 3 nitrogen and oxygen atoms in total. The van der Waals surface area contributed by atoms with Gasteiger partial charge in [0.1, 0.15) is 11.6 Å². The lowest BCUT2D eigenvalue weighted by Gasteiger charge is -2.19. The van der Waals surface area contributed by atoms with Crippen LogP contribution in [-0.2, 0) is 13.0 Å². The summed E-state index contributed by atoms with van der Waals surface area (Å²) >= 11 is 0. The summed E-state index contributed by atoms with van der Waals surface area (Å²) in [4.78, 5) is 0. The molecule has 2 rings (SSSR count). The first kappa shape index (κ1) is 19.2. The molecular formula is C20H24F2N2O. The van der Waals surface area contributed by atoms with Crippen molar-refractivity contribution >= 4 is 6.08 Å². The van der Waals surface area contributed by atoms with Crippen molar-refractivity contribution in [3.8, 4) is 0 Å². The Kier molecular flexibility index (Phi) is 7.25. The van der Waals surface area contributed by atoms with E-state index in [1.165, 1.54) is 12.1 Å². The zero-order valence-corrected chi connectivity index (χ0v) is 14.3. The van der Waals surface area contributed by atoms with Crippen LogP contribution >= 0.6 is 0 Å². The molecular weight excluding hydrogens is 322 g/mol. The van der Waals surface area contributed by atoms with Crippen LogP contribution in [0.5, 0.6) is 0 Å². The predicted molar refractivity (Wildman–Crippen MR) is 96.9 cm³/mol. The molecule has 0 fully saturated rings. The lowest BCUT2D eigenvalue weighted by atomic mass is 10.0. The number of allylic oxidation sites excluding steroid dienone is 1. The van der Waals surface area contributed by atoms with Gasteiger partial charge in [0.2, 0.25) is 0 Å². The molecule has 25 heavy (non-hydrogen) atoms. The highest BCUT2D eigenvalue weighted by atomic mass is 19.1. The molecule has 0 aliphatic carbocycles. The van der Waals surface area contributed by atoms with E-state index in [0.29, 0.717) is 18.7 Å². The fourth-order valence-electron chi connectivity index (χ4n) is 2.65. The average molecular weight is 346 g/mol. The Hall–Kier alpha value is -2.08. The van der Waals surface area contributed by atoms with E-state index in [9.17, 15) is 13.9 Å². The smallest absolute Gasteiger partial charge is 0.126 e. The standard InChI is InChI=1S/C20H24F2N2O/c1-2-4-14-5-3-6-15(7-14)12-24-13-20(25)19(23)10-16-8-17(21)11-18(22)9-16/h2-9,11,19-20,24-25H,10,12-13,23H2,1H3/b4-2-. The maximum atomic E-state index is 13.2. The Morgan fingerprint density at radius 2 is 1.84 bits per heavy atom. The number of nitrogens with one attached hydrogen (secondary N) is 1. The maximum absolute atomic E-state index is 13.2. The van der Waals surface area contributed by atoms with E-state index in [0.717, 1.165) is 17.2 Å². The van der Waals surface area contributed by atoms with Crippen molar-refractivity contribution in [1.29, 1.82) is 0 Å². The number of nitrogens with two attached hydrogens (primary N) is 1. The van der Waals surface area contributed by atoms with Crippen molar-refractivity contribution in [2.24, 2.45) is 5.73 Å². The van der Waals surface area contributed by atoms with E-state index in [4.69, 9.17) is 5.73 Å². The molecule has 0 amide bonds. The molecule has 0 aromatic heterocycles. The summed E-state index contributed by atoms with van der Waals surface area (Å²) in [6, 6.07) is 10.7. The van der Waals surface area contributed by atoms with Gasteiger partial charge in [-0.05, 0) is 42.2 Å². The molecule has 0 spiro atoms. The second-order valence-electron chi connectivity index (χ2n) is 6.09. The van der Waals surface area contributed by atoms with E-state index in [1.54, 1.807) is 0 Å². The van der Waals surface area contributed by atoms with Crippen molar-refractivity contribution in [1.82, 2.24) is 5.32 Å². The molecule has 2 aromatic rings.